The number of amides is 1. The molecule has 132 valence electrons. The third-order valence-corrected chi connectivity index (χ3v) is 6.01. The number of carbonyl (C=O) groups excluding carboxylic acids is 1. The van der Waals surface area contributed by atoms with E-state index in [1.807, 2.05) is 47.4 Å². The van der Waals surface area contributed by atoms with Crippen LogP contribution < -0.4 is 0 Å². The fraction of sp³-hybridized carbons (Fsp3) is 0.150. The van der Waals surface area contributed by atoms with Gasteiger partial charge >= 0.3 is 0 Å². The molecule has 1 aliphatic heterocycles. The van der Waals surface area contributed by atoms with Gasteiger partial charge in [-0.25, -0.2) is 0 Å². The first-order valence-corrected chi connectivity index (χ1v) is 9.92. The van der Waals surface area contributed by atoms with Gasteiger partial charge in [0.25, 0.3) is 0 Å². The zero-order chi connectivity index (χ0) is 18.1. The van der Waals surface area contributed by atoms with E-state index < -0.39 is 0 Å². The fourth-order valence-corrected chi connectivity index (χ4v) is 4.47. The molecule has 0 aliphatic carbocycles. The number of hydrogen-bond donors (Lipinski definition) is 0. The van der Waals surface area contributed by atoms with E-state index in [4.69, 9.17) is 27.6 Å². The molecule has 2 heterocycles. The van der Waals surface area contributed by atoms with Crippen LogP contribution >= 0.6 is 35.0 Å². The van der Waals surface area contributed by atoms with E-state index >= 15 is 0 Å². The molecule has 3 nitrogen and oxygen atoms in total. The van der Waals surface area contributed by atoms with Crippen molar-refractivity contribution in [2.75, 3.05) is 5.75 Å². The minimum absolute atomic E-state index is 0.114. The summed E-state index contributed by atoms with van der Waals surface area (Å²) in [6, 6.07) is 19.0. The lowest BCUT2D eigenvalue weighted by atomic mass is 10.2. The smallest absolute Gasteiger partial charge is 0.234 e. The molecule has 0 radical (unpaired) electrons. The highest BCUT2D eigenvalue weighted by atomic mass is 35.5. The minimum atomic E-state index is -0.144. The highest BCUT2D eigenvalue weighted by molar-refractivity contribution is 8.00. The summed E-state index contributed by atoms with van der Waals surface area (Å²) in [4.78, 5) is 14.2. The largest absolute Gasteiger partial charge is 0.458 e. The van der Waals surface area contributed by atoms with Crippen molar-refractivity contribution in [3.63, 3.8) is 0 Å². The van der Waals surface area contributed by atoms with E-state index in [0.717, 1.165) is 16.9 Å². The molecule has 26 heavy (non-hydrogen) atoms. The van der Waals surface area contributed by atoms with Crippen molar-refractivity contribution in [1.29, 1.82) is 0 Å². The Balaban J connectivity index is 1.61. The summed E-state index contributed by atoms with van der Waals surface area (Å²) < 4.78 is 6.05. The average molecular weight is 404 g/mol. The van der Waals surface area contributed by atoms with E-state index in [2.05, 4.69) is 0 Å². The van der Waals surface area contributed by atoms with Crippen molar-refractivity contribution in [2.45, 2.75) is 11.9 Å². The van der Waals surface area contributed by atoms with Crippen LogP contribution in [0.3, 0.4) is 0 Å². The molecular formula is C20H15Cl2NO2S. The molecule has 1 atom stereocenters. The van der Waals surface area contributed by atoms with E-state index in [9.17, 15) is 4.79 Å². The average Bonchev–Trinajstić information content (AvgIpc) is 3.26. The van der Waals surface area contributed by atoms with Crippen LogP contribution in [0.5, 0.6) is 0 Å². The van der Waals surface area contributed by atoms with Gasteiger partial charge in [0.2, 0.25) is 5.91 Å². The standard InChI is InChI=1S/C20H15Cl2NO2S/c21-14-6-7-16(22)15(10-14)17-8-9-18(25-17)20-23(19(24)12-26-20)11-13-4-2-1-3-5-13/h1-10,20H,11-12H2/t20-/m0/s1. The molecule has 6 heteroatoms. The number of hydrogen-bond acceptors (Lipinski definition) is 3. The van der Waals surface area contributed by atoms with E-state index in [-0.39, 0.29) is 11.3 Å². The van der Waals surface area contributed by atoms with Crippen molar-refractivity contribution in [3.8, 4) is 11.3 Å². The number of carbonyl (C=O) groups is 1. The summed E-state index contributed by atoms with van der Waals surface area (Å²) in [6.07, 6.45) is 0. The van der Waals surface area contributed by atoms with Crippen LogP contribution in [0.1, 0.15) is 16.7 Å². The van der Waals surface area contributed by atoms with Gasteiger partial charge in [-0.15, -0.1) is 11.8 Å². The third-order valence-electron chi connectivity index (χ3n) is 4.23. The van der Waals surface area contributed by atoms with Gasteiger partial charge < -0.3 is 9.32 Å². The molecule has 1 amide bonds. The molecule has 1 aliphatic rings. The lowest BCUT2D eigenvalue weighted by Gasteiger charge is -2.22. The Hall–Kier alpha value is -1.88. The Morgan fingerprint density at radius 3 is 2.69 bits per heavy atom. The number of halogens is 2. The van der Waals surface area contributed by atoms with Crippen molar-refractivity contribution >= 4 is 40.9 Å². The van der Waals surface area contributed by atoms with Crippen molar-refractivity contribution in [3.05, 3.63) is 82.0 Å². The monoisotopic (exact) mass is 403 g/mol. The maximum absolute atomic E-state index is 12.4. The van der Waals surface area contributed by atoms with E-state index in [1.54, 1.807) is 30.0 Å². The zero-order valence-electron chi connectivity index (χ0n) is 13.7. The van der Waals surface area contributed by atoms with Crippen LogP contribution in [0.4, 0.5) is 0 Å². The van der Waals surface area contributed by atoms with Gasteiger partial charge in [0.15, 0.2) is 0 Å². The summed E-state index contributed by atoms with van der Waals surface area (Å²) >= 11 is 13.9. The maximum Gasteiger partial charge on any atom is 0.234 e. The minimum Gasteiger partial charge on any atom is -0.458 e. The Bertz CT molecular complexity index is 942. The predicted octanol–water partition coefficient (Wildman–Crippen LogP) is 6.03. The normalized spacial score (nSPS) is 17.1. The lowest BCUT2D eigenvalue weighted by molar-refractivity contribution is -0.128. The second-order valence-corrected chi connectivity index (χ2v) is 7.91. The molecule has 1 aromatic heterocycles. The molecular weight excluding hydrogens is 389 g/mol. The molecule has 4 rings (SSSR count). The summed E-state index contributed by atoms with van der Waals surface area (Å²) in [6.45, 7) is 0.561. The Morgan fingerprint density at radius 2 is 1.88 bits per heavy atom. The summed E-state index contributed by atoms with van der Waals surface area (Å²) in [5.74, 6) is 1.95. The second kappa shape index (κ2) is 7.39. The van der Waals surface area contributed by atoms with Crippen LogP contribution in [0.25, 0.3) is 11.3 Å². The summed E-state index contributed by atoms with van der Waals surface area (Å²) in [5, 5.41) is 1.03. The highest BCUT2D eigenvalue weighted by Crippen LogP contribution is 2.42. The molecule has 0 unspecified atom stereocenters. The van der Waals surface area contributed by atoms with Crippen LogP contribution in [0.2, 0.25) is 10.0 Å². The Labute approximate surface area is 165 Å². The Kier molecular flexibility index (Phi) is 4.98. The summed E-state index contributed by atoms with van der Waals surface area (Å²) in [5.41, 5.74) is 1.84. The van der Waals surface area contributed by atoms with E-state index in [0.29, 0.717) is 28.1 Å². The number of furan rings is 1. The molecule has 0 bridgehead atoms. The molecule has 1 fully saturated rings. The predicted molar refractivity (Wildman–Crippen MR) is 106 cm³/mol. The van der Waals surface area contributed by atoms with Crippen molar-refractivity contribution in [2.24, 2.45) is 0 Å². The van der Waals surface area contributed by atoms with Gasteiger partial charge in [-0.1, -0.05) is 53.5 Å². The topological polar surface area (TPSA) is 33.5 Å². The molecule has 3 aromatic rings. The Morgan fingerprint density at radius 1 is 1.08 bits per heavy atom. The quantitative estimate of drug-likeness (QED) is 0.533. The maximum atomic E-state index is 12.4. The number of nitrogens with zero attached hydrogens (tertiary/aromatic N) is 1. The first-order chi connectivity index (χ1) is 12.6. The second-order valence-electron chi connectivity index (χ2n) is 6.00. The molecule has 1 saturated heterocycles. The van der Waals surface area contributed by atoms with Gasteiger partial charge in [0.05, 0.1) is 10.8 Å². The molecule has 0 N–H and O–H groups in total. The number of benzene rings is 2. The molecule has 2 aromatic carbocycles. The highest BCUT2D eigenvalue weighted by Gasteiger charge is 2.35. The summed E-state index contributed by atoms with van der Waals surface area (Å²) in [7, 11) is 0. The van der Waals surface area contributed by atoms with Gasteiger partial charge in [0, 0.05) is 17.1 Å². The first-order valence-electron chi connectivity index (χ1n) is 8.12. The van der Waals surface area contributed by atoms with Crippen LogP contribution in [0, 0.1) is 0 Å². The molecule has 0 saturated carbocycles. The van der Waals surface area contributed by atoms with Gasteiger partial charge in [-0.2, -0.15) is 0 Å². The molecule has 0 spiro atoms. The van der Waals surface area contributed by atoms with Gasteiger partial charge in [-0.3, -0.25) is 4.79 Å². The van der Waals surface area contributed by atoms with Crippen molar-refractivity contribution < 1.29 is 9.21 Å². The lowest BCUT2D eigenvalue weighted by Crippen LogP contribution is -2.27. The SMILES string of the molecule is O=C1CS[C@@H](c2ccc(-c3cc(Cl)ccc3Cl)o2)N1Cc1ccccc1. The van der Waals surface area contributed by atoms with Gasteiger partial charge in [-0.05, 0) is 35.9 Å². The third kappa shape index (κ3) is 3.50. The fourth-order valence-electron chi connectivity index (χ4n) is 2.96. The van der Waals surface area contributed by atoms with Crippen LogP contribution in [-0.2, 0) is 11.3 Å². The van der Waals surface area contributed by atoms with Crippen LogP contribution in [0.15, 0.2) is 65.1 Å². The van der Waals surface area contributed by atoms with E-state index in [1.165, 1.54) is 0 Å². The number of rotatable bonds is 4. The first kappa shape index (κ1) is 17.5. The zero-order valence-corrected chi connectivity index (χ0v) is 16.0. The number of thioether (sulfide) groups is 1. The van der Waals surface area contributed by atoms with Crippen LogP contribution in [-0.4, -0.2) is 16.6 Å². The van der Waals surface area contributed by atoms with Gasteiger partial charge in [0.1, 0.15) is 16.9 Å². The van der Waals surface area contributed by atoms with Crippen molar-refractivity contribution in [1.82, 2.24) is 4.90 Å².